The Morgan fingerprint density at radius 2 is 2.00 bits per heavy atom. The van der Waals surface area contributed by atoms with Crippen LogP contribution in [0.1, 0.15) is 23.2 Å². The average molecular weight is 364 g/mol. The predicted molar refractivity (Wildman–Crippen MR) is 77.7 cm³/mol. The number of hydrogen-bond donors (Lipinski definition) is 0. The summed E-state index contributed by atoms with van der Waals surface area (Å²) in [4.78, 5) is 16.6. The van der Waals surface area contributed by atoms with Crippen molar-refractivity contribution in [3.05, 3.63) is 16.1 Å². The number of ketones is 1. The van der Waals surface area contributed by atoms with Crippen molar-refractivity contribution in [3.8, 4) is 11.5 Å². The second kappa shape index (κ2) is 4.73. The molecule has 1 aliphatic carbocycles. The molecule has 0 spiro atoms. The number of nitrogens with zero attached hydrogens (tertiary/aromatic N) is 1. The molecule has 0 radical (unpaired) electrons. The fourth-order valence-electron chi connectivity index (χ4n) is 2.74. The van der Waals surface area contributed by atoms with E-state index in [9.17, 15) is 18.0 Å². The van der Waals surface area contributed by atoms with E-state index in [1.54, 1.807) is 0 Å². The van der Waals surface area contributed by atoms with Crippen LogP contribution in [0.5, 0.6) is 11.5 Å². The van der Waals surface area contributed by atoms with Gasteiger partial charge in [0.25, 0.3) is 0 Å². The summed E-state index contributed by atoms with van der Waals surface area (Å²) in [6, 6.07) is 1.29. The number of thiazole rings is 1. The van der Waals surface area contributed by atoms with Crippen molar-refractivity contribution in [1.82, 2.24) is 4.98 Å². The smallest absolute Gasteiger partial charge is 0.401 e. The van der Waals surface area contributed by atoms with Crippen LogP contribution >= 0.6 is 22.9 Å². The van der Waals surface area contributed by atoms with Crippen molar-refractivity contribution >= 4 is 38.9 Å². The molecule has 0 saturated heterocycles. The summed E-state index contributed by atoms with van der Waals surface area (Å²) in [6.45, 7) is 0.584. The zero-order valence-corrected chi connectivity index (χ0v) is 13.1. The van der Waals surface area contributed by atoms with Crippen molar-refractivity contribution in [2.45, 2.75) is 19.0 Å². The summed E-state index contributed by atoms with van der Waals surface area (Å²) >= 11 is 6.95. The number of aromatic nitrogens is 1. The van der Waals surface area contributed by atoms with E-state index in [1.165, 1.54) is 6.07 Å². The van der Waals surface area contributed by atoms with Gasteiger partial charge in [0, 0.05) is 5.56 Å². The summed E-state index contributed by atoms with van der Waals surface area (Å²) in [7, 11) is 0. The van der Waals surface area contributed by atoms with E-state index in [4.69, 9.17) is 21.1 Å². The molecule has 122 valence electrons. The molecule has 0 unspecified atom stereocenters. The minimum atomic E-state index is -4.58. The Morgan fingerprint density at radius 1 is 1.30 bits per heavy atom. The van der Waals surface area contributed by atoms with Gasteiger partial charge in [-0.2, -0.15) is 13.2 Å². The van der Waals surface area contributed by atoms with Gasteiger partial charge in [0.15, 0.2) is 21.7 Å². The van der Waals surface area contributed by atoms with E-state index >= 15 is 0 Å². The largest absolute Gasteiger partial charge is 0.486 e. The van der Waals surface area contributed by atoms with Crippen LogP contribution in [0.3, 0.4) is 0 Å². The van der Waals surface area contributed by atoms with Gasteiger partial charge in [-0.15, -0.1) is 0 Å². The number of carbonyl (C=O) groups excluding carboxylic acids is 1. The second-order valence-electron chi connectivity index (χ2n) is 5.50. The normalized spacial score (nSPS) is 19.0. The van der Waals surface area contributed by atoms with Gasteiger partial charge in [0.2, 0.25) is 0 Å². The lowest BCUT2D eigenvalue weighted by atomic mass is 9.93. The molecule has 9 heteroatoms. The van der Waals surface area contributed by atoms with Crippen LogP contribution in [0.25, 0.3) is 10.2 Å². The highest BCUT2D eigenvalue weighted by molar-refractivity contribution is 7.22. The Balaban J connectivity index is 1.92. The van der Waals surface area contributed by atoms with Crippen molar-refractivity contribution in [2.75, 3.05) is 13.2 Å². The van der Waals surface area contributed by atoms with Gasteiger partial charge in [-0.1, -0.05) is 22.9 Å². The Hall–Kier alpha value is -1.54. The SMILES string of the molecule is O=C(c1cc2c(c3sc(Cl)nc13)OCCO2)C1(C(F)(F)F)CC1. The predicted octanol–water partition coefficient (Wildman–Crippen LogP) is 4.25. The third-order valence-electron chi connectivity index (χ3n) is 4.12. The van der Waals surface area contributed by atoms with E-state index in [0.29, 0.717) is 17.1 Å². The number of fused-ring (bicyclic) bond motifs is 3. The van der Waals surface area contributed by atoms with E-state index in [1.807, 2.05) is 0 Å². The molecule has 0 N–H and O–H groups in total. The Bertz CT molecular complexity index is 829. The maximum absolute atomic E-state index is 13.3. The number of halogens is 4. The van der Waals surface area contributed by atoms with Gasteiger partial charge >= 0.3 is 6.18 Å². The number of hydrogen-bond acceptors (Lipinski definition) is 5. The molecule has 1 fully saturated rings. The van der Waals surface area contributed by atoms with Gasteiger partial charge in [-0.25, -0.2) is 4.98 Å². The molecule has 23 heavy (non-hydrogen) atoms. The van der Waals surface area contributed by atoms with Gasteiger partial charge in [-0.3, -0.25) is 4.79 Å². The summed E-state index contributed by atoms with van der Waals surface area (Å²) in [5.41, 5.74) is -2.27. The average Bonchev–Trinajstić information content (AvgIpc) is 3.22. The van der Waals surface area contributed by atoms with Crippen LogP contribution in [0, 0.1) is 5.41 Å². The molecule has 1 aromatic heterocycles. The third kappa shape index (κ3) is 2.11. The fourth-order valence-corrected chi connectivity index (χ4v) is 3.87. The lowest BCUT2D eigenvalue weighted by molar-refractivity contribution is -0.171. The molecule has 0 bridgehead atoms. The highest BCUT2D eigenvalue weighted by Crippen LogP contribution is 2.60. The fraction of sp³-hybridized carbons (Fsp3) is 0.429. The van der Waals surface area contributed by atoms with Crippen molar-refractivity contribution in [1.29, 1.82) is 0 Å². The monoisotopic (exact) mass is 363 g/mol. The summed E-state index contributed by atoms with van der Waals surface area (Å²) in [5, 5.41) is 0. The van der Waals surface area contributed by atoms with E-state index in [-0.39, 0.29) is 40.7 Å². The van der Waals surface area contributed by atoms with Gasteiger partial charge in [0.05, 0.1) is 5.52 Å². The van der Waals surface area contributed by atoms with E-state index < -0.39 is 17.4 Å². The molecule has 1 aromatic carbocycles. The molecular weight excluding hydrogens is 355 g/mol. The van der Waals surface area contributed by atoms with Crippen LogP contribution in [-0.2, 0) is 0 Å². The summed E-state index contributed by atoms with van der Waals surface area (Å²) in [6.07, 6.45) is -4.99. The van der Waals surface area contributed by atoms with Crippen molar-refractivity contribution < 1.29 is 27.4 Å². The van der Waals surface area contributed by atoms with Crippen LogP contribution in [0.15, 0.2) is 6.07 Å². The molecule has 2 aromatic rings. The summed E-state index contributed by atoms with van der Waals surface area (Å²) < 4.78 is 51.3. The molecule has 0 amide bonds. The molecule has 1 saturated carbocycles. The van der Waals surface area contributed by atoms with E-state index in [2.05, 4.69) is 4.98 Å². The molecule has 1 aliphatic heterocycles. The van der Waals surface area contributed by atoms with Gasteiger partial charge in [0.1, 0.15) is 23.3 Å². The first-order chi connectivity index (χ1) is 10.8. The molecule has 2 heterocycles. The molecule has 0 atom stereocenters. The van der Waals surface area contributed by atoms with Gasteiger partial charge in [-0.05, 0) is 18.9 Å². The lowest BCUT2D eigenvalue weighted by Gasteiger charge is -2.22. The van der Waals surface area contributed by atoms with Crippen LogP contribution < -0.4 is 9.47 Å². The standard InChI is InChI=1S/C14H9ClF3NO3S/c15-12-19-8-6(11(20)13(1-2-13)14(16,17)18)5-7-9(10(8)23-12)22-4-3-21-7/h5H,1-4H2. The summed E-state index contributed by atoms with van der Waals surface area (Å²) in [5.74, 6) is -0.344. The maximum atomic E-state index is 13.3. The number of ether oxygens (including phenoxy) is 2. The Kier molecular flexibility index (Phi) is 3.09. The Morgan fingerprint density at radius 3 is 2.65 bits per heavy atom. The first-order valence-electron chi connectivity index (χ1n) is 6.84. The van der Waals surface area contributed by atoms with Gasteiger partial charge < -0.3 is 9.47 Å². The number of benzene rings is 1. The third-order valence-corrected chi connectivity index (χ3v) is 5.28. The number of alkyl halides is 3. The highest BCUT2D eigenvalue weighted by Gasteiger charge is 2.68. The zero-order valence-electron chi connectivity index (χ0n) is 11.5. The second-order valence-corrected chi connectivity index (χ2v) is 7.08. The van der Waals surface area contributed by atoms with Crippen LogP contribution in [-0.4, -0.2) is 30.2 Å². The minimum Gasteiger partial charge on any atom is -0.486 e. The quantitative estimate of drug-likeness (QED) is 0.748. The maximum Gasteiger partial charge on any atom is 0.401 e. The highest BCUT2D eigenvalue weighted by atomic mass is 35.5. The van der Waals surface area contributed by atoms with Crippen molar-refractivity contribution in [2.24, 2.45) is 5.41 Å². The molecule has 4 rings (SSSR count). The Labute approximate surface area is 137 Å². The number of rotatable bonds is 2. The number of Topliss-reactive ketones (excluding diaryl/α,β-unsaturated/α-hetero) is 1. The van der Waals surface area contributed by atoms with Crippen molar-refractivity contribution in [3.63, 3.8) is 0 Å². The molecule has 4 nitrogen and oxygen atoms in total. The topological polar surface area (TPSA) is 48.4 Å². The lowest BCUT2D eigenvalue weighted by Crippen LogP contribution is -2.33. The van der Waals surface area contributed by atoms with Crippen LogP contribution in [0.2, 0.25) is 4.47 Å². The zero-order chi connectivity index (χ0) is 16.4. The molecular formula is C14H9ClF3NO3S. The first-order valence-corrected chi connectivity index (χ1v) is 8.03. The number of carbonyl (C=O) groups is 1. The first kappa shape index (κ1) is 15.0. The minimum absolute atomic E-state index is 0.109. The van der Waals surface area contributed by atoms with Crippen LogP contribution in [0.4, 0.5) is 13.2 Å². The molecule has 2 aliphatic rings. The van der Waals surface area contributed by atoms with E-state index in [0.717, 1.165) is 11.3 Å².